The molecule has 0 radical (unpaired) electrons. The van der Waals surface area contributed by atoms with Crippen LogP contribution < -0.4 is 10.5 Å². The molecule has 3 heteroatoms. The Labute approximate surface area is 125 Å². The Hall–Kier alpha value is -2.42. The summed E-state index contributed by atoms with van der Waals surface area (Å²) < 4.78 is 7.62. The summed E-state index contributed by atoms with van der Waals surface area (Å²) in [6.45, 7) is 2.98. The zero-order valence-electron chi connectivity index (χ0n) is 12.5. The van der Waals surface area contributed by atoms with Gasteiger partial charge in [-0.15, -0.1) is 0 Å². The molecule has 1 heterocycles. The van der Waals surface area contributed by atoms with Crippen LogP contribution in [0.15, 0.2) is 48.5 Å². The summed E-state index contributed by atoms with van der Waals surface area (Å²) in [4.78, 5) is 0. The molecule has 0 aliphatic rings. The van der Waals surface area contributed by atoms with Crippen molar-refractivity contribution in [2.45, 2.75) is 19.9 Å². The number of ether oxygens (including phenoxy) is 1. The van der Waals surface area contributed by atoms with Gasteiger partial charge in [-0.3, -0.25) is 0 Å². The van der Waals surface area contributed by atoms with E-state index in [1.54, 1.807) is 7.11 Å². The molecule has 0 saturated heterocycles. The molecule has 108 valence electrons. The van der Waals surface area contributed by atoms with Crippen LogP contribution in [0.5, 0.6) is 5.75 Å². The Morgan fingerprint density at radius 3 is 2.52 bits per heavy atom. The smallest absolute Gasteiger partial charge is 0.119 e. The predicted molar refractivity (Wildman–Crippen MR) is 87.8 cm³/mol. The molecule has 0 saturated carbocycles. The van der Waals surface area contributed by atoms with E-state index in [1.807, 2.05) is 18.2 Å². The molecule has 21 heavy (non-hydrogen) atoms. The van der Waals surface area contributed by atoms with Gasteiger partial charge < -0.3 is 15.0 Å². The third-order valence-corrected chi connectivity index (χ3v) is 3.94. The average molecular weight is 280 g/mol. The second-order valence-electron chi connectivity index (χ2n) is 5.17. The number of methoxy groups -OCH3 is 1. The van der Waals surface area contributed by atoms with Crippen molar-refractivity contribution < 1.29 is 4.74 Å². The number of anilines is 1. The van der Waals surface area contributed by atoms with E-state index in [-0.39, 0.29) is 0 Å². The van der Waals surface area contributed by atoms with Crippen LogP contribution in [0.25, 0.3) is 10.9 Å². The molecule has 0 amide bonds. The predicted octanol–water partition coefficient (Wildman–Crippen LogP) is 3.84. The van der Waals surface area contributed by atoms with Crippen molar-refractivity contribution in [2.75, 3.05) is 12.8 Å². The first-order valence-corrected chi connectivity index (χ1v) is 7.23. The molecule has 2 aromatic carbocycles. The SMILES string of the molecule is CCc1c(N)c2cc(OC)ccc2n1Cc1ccccc1. The van der Waals surface area contributed by atoms with Crippen LogP contribution >= 0.6 is 0 Å². The van der Waals surface area contributed by atoms with E-state index < -0.39 is 0 Å². The summed E-state index contributed by atoms with van der Waals surface area (Å²) in [5.41, 5.74) is 10.8. The number of hydrogen-bond acceptors (Lipinski definition) is 2. The summed E-state index contributed by atoms with van der Waals surface area (Å²) in [6, 6.07) is 16.6. The van der Waals surface area contributed by atoms with Gasteiger partial charge in [0.2, 0.25) is 0 Å². The lowest BCUT2D eigenvalue weighted by molar-refractivity contribution is 0.415. The van der Waals surface area contributed by atoms with Crippen molar-refractivity contribution in [3.63, 3.8) is 0 Å². The molecule has 2 N–H and O–H groups in total. The van der Waals surface area contributed by atoms with Crippen LogP contribution in [-0.4, -0.2) is 11.7 Å². The van der Waals surface area contributed by atoms with E-state index in [0.29, 0.717) is 0 Å². The number of benzene rings is 2. The third-order valence-electron chi connectivity index (χ3n) is 3.94. The Bertz CT molecular complexity index is 760. The maximum Gasteiger partial charge on any atom is 0.119 e. The average Bonchev–Trinajstić information content (AvgIpc) is 2.80. The normalized spacial score (nSPS) is 11.0. The molecular weight excluding hydrogens is 260 g/mol. The first-order valence-electron chi connectivity index (χ1n) is 7.23. The Balaban J connectivity index is 2.16. The molecule has 1 aromatic heterocycles. The van der Waals surface area contributed by atoms with Gasteiger partial charge in [0, 0.05) is 17.6 Å². The number of nitrogens with two attached hydrogens (primary N) is 1. The second kappa shape index (κ2) is 5.52. The number of hydrogen-bond donors (Lipinski definition) is 1. The van der Waals surface area contributed by atoms with Gasteiger partial charge >= 0.3 is 0 Å². The van der Waals surface area contributed by atoms with Crippen molar-refractivity contribution in [3.8, 4) is 5.75 Å². The Kier molecular flexibility index (Phi) is 3.57. The topological polar surface area (TPSA) is 40.2 Å². The van der Waals surface area contributed by atoms with E-state index in [2.05, 4.69) is 41.8 Å². The van der Waals surface area contributed by atoms with Crippen molar-refractivity contribution in [1.29, 1.82) is 0 Å². The molecule has 3 nitrogen and oxygen atoms in total. The van der Waals surface area contributed by atoms with Crippen LogP contribution in [0, 0.1) is 0 Å². The van der Waals surface area contributed by atoms with Crippen LogP contribution in [0.2, 0.25) is 0 Å². The summed E-state index contributed by atoms with van der Waals surface area (Å²) in [7, 11) is 1.68. The van der Waals surface area contributed by atoms with E-state index in [0.717, 1.165) is 35.3 Å². The van der Waals surface area contributed by atoms with Gasteiger partial charge in [-0.2, -0.15) is 0 Å². The van der Waals surface area contributed by atoms with Crippen LogP contribution in [0.4, 0.5) is 5.69 Å². The molecular formula is C18H20N2O. The lowest BCUT2D eigenvalue weighted by Crippen LogP contribution is -2.04. The van der Waals surface area contributed by atoms with E-state index >= 15 is 0 Å². The number of nitrogens with zero attached hydrogens (tertiary/aromatic N) is 1. The minimum absolute atomic E-state index is 0.837. The van der Waals surface area contributed by atoms with Crippen molar-refractivity contribution in [1.82, 2.24) is 4.57 Å². The maximum atomic E-state index is 6.35. The van der Waals surface area contributed by atoms with E-state index in [9.17, 15) is 0 Å². The van der Waals surface area contributed by atoms with Crippen LogP contribution in [0.1, 0.15) is 18.2 Å². The van der Waals surface area contributed by atoms with Gasteiger partial charge in [0.05, 0.1) is 18.3 Å². The molecule has 0 unspecified atom stereocenters. The fourth-order valence-corrected chi connectivity index (χ4v) is 2.87. The fraction of sp³-hybridized carbons (Fsp3) is 0.222. The van der Waals surface area contributed by atoms with E-state index in [1.165, 1.54) is 11.3 Å². The molecule has 3 rings (SSSR count). The molecule has 0 bridgehead atoms. The molecule has 0 aliphatic carbocycles. The second-order valence-corrected chi connectivity index (χ2v) is 5.17. The highest BCUT2D eigenvalue weighted by atomic mass is 16.5. The molecule has 3 aromatic rings. The van der Waals surface area contributed by atoms with Crippen LogP contribution in [-0.2, 0) is 13.0 Å². The lowest BCUT2D eigenvalue weighted by atomic mass is 10.2. The van der Waals surface area contributed by atoms with Gasteiger partial charge in [0.1, 0.15) is 5.75 Å². The van der Waals surface area contributed by atoms with Crippen molar-refractivity contribution in [3.05, 3.63) is 59.8 Å². The minimum atomic E-state index is 0.837. The van der Waals surface area contributed by atoms with Crippen LogP contribution in [0.3, 0.4) is 0 Å². The number of fused-ring (bicyclic) bond motifs is 1. The highest BCUT2D eigenvalue weighted by Crippen LogP contribution is 2.32. The number of rotatable bonds is 4. The lowest BCUT2D eigenvalue weighted by Gasteiger charge is -2.10. The van der Waals surface area contributed by atoms with E-state index in [4.69, 9.17) is 10.5 Å². The van der Waals surface area contributed by atoms with Crippen molar-refractivity contribution in [2.24, 2.45) is 0 Å². The highest BCUT2D eigenvalue weighted by molar-refractivity contribution is 5.95. The number of aromatic nitrogens is 1. The maximum absolute atomic E-state index is 6.35. The van der Waals surface area contributed by atoms with Gasteiger partial charge in [0.25, 0.3) is 0 Å². The number of nitrogen functional groups attached to an aromatic ring is 1. The summed E-state index contributed by atoms with van der Waals surface area (Å²) in [6.07, 6.45) is 0.912. The first kappa shape index (κ1) is 13.6. The zero-order chi connectivity index (χ0) is 14.8. The van der Waals surface area contributed by atoms with Gasteiger partial charge in [0.15, 0.2) is 0 Å². The highest BCUT2D eigenvalue weighted by Gasteiger charge is 2.14. The molecule has 0 spiro atoms. The van der Waals surface area contributed by atoms with Crippen molar-refractivity contribution >= 4 is 16.6 Å². The van der Waals surface area contributed by atoms with Gasteiger partial charge in [-0.05, 0) is 30.2 Å². The summed E-state index contributed by atoms with van der Waals surface area (Å²) in [5.74, 6) is 0.841. The molecule has 0 aliphatic heterocycles. The summed E-state index contributed by atoms with van der Waals surface area (Å²) >= 11 is 0. The first-order chi connectivity index (χ1) is 10.2. The van der Waals surface area contributed by atoms with Gasteiger partial charge in [-0.25, -0.2) is 0 Å². The quantitative estimate of drug-likeness (QED) is 0.788. The van der Waals surface area contributed by atoms with Gasteiger partial charge in [-0.1, -0.05) is 37.3 Å². The fourth-order valence-electron chi connectivity index (χ4n) is 2.87. The molecule has 0 atom stereocenters. The molecule has 0 fully saturated rings. The minimum Gasteiger partial charge on any atom is -0.497 e. The zero-order valence-corrected chi connectivity index (χ0v) is 12.5. The largest absolute Gasteiger partial charge is 0.497 e. The Morgan fingerprint density at radius 1 is 1.10 bits per heavy atom. The third kappa shape index (κ3) is 2.35. The Morgan fingerprint density at radius 2 is 1.86 bits per heavy atom. The standard InChI is InChI=1S/C18H20N2O/c1-3-16-18(19)15-11-14(21-2)9-10-17(15)20(16)12-13-7-5-4-6-8-13/h4-11H,3,12,19H2,1-2H3. The summed E-state index contributed by atoms with van der Waals surface area (Å²) in [5, 5.41) is 1.07. The monoisotopic (exact) mass is 280 g/mol.